The van der Waals surface area contributed by atoms with Gasteiger partial charge in [-0.05, 0) is 19.2 Å². The normalized spacial score (nSPS) is 10.8. The monoisotopic (exact) mass is 287 g/mol. The molecule has 0 heterocycles. The van der Waals surface area contributed by atoms with Crippen molar-refractivity contribution in [1.82, 2.24) is 5.34 Å². The van der Waals surface area contributed by atoms with E-state index < -0.39 is 17.4 Å². The molecule has 3 nitrogen and oxygen atoms in total. The molecule has 0 aromatic rings. The maximum absolute atomic E-state index is 11.1. The van der Waals surface area contributed by atoms with Crippen LogP contribution in [0.25, 0.3) is 0 Å². The molecule has 0 atom stereocenters. The first-order valence-corrected chi connectivity index (χ1v) is 2.98. The molecule has 0 aromatic heterocycles. The van der Waals surface area contributed by atoms with Crippen LogP contribution in [0.4, 0.5) is 26.6 Å². The number of Topliss-reactive ketones (excluding diaryl/α,β-unsaturated/α-hetero) is 1. The average Bonchev–Trinajstić information content (AvgIpc) is 1.81. The first-order valence-electron chi connectivity index (χ1n) is 2.98. The Labute approximate surface area is 91.4 Å². The predicted molar refractivity (Wildman–Crippen MR) is 35.0 cm³/mol. The molecule has 0 amide bonds. The molecule has 0 spiro atoms. The largest absolute Gasteiger partial charge is 1.00 e. The number of carbonyl (C=O) groups is 1. The molecule has 0 fully saturated rings. The number of ketones is 1. The van der Waals surface area contributed by atoms with Crippen LogP contribution in [0, 0.1) is 0 Å². The number of halogens is 6. The van der Waals surface area contributed by atoms with E-state index in [-0.39, 0.29) is 22.9 Å². The summed E-state index contributed by atoms with van der Waals surface area (Å²) in [6.07, 6.45) is -5.46. The van der Waals surface area contributed by atoms with Crippen molar-refractivity contribution in [2.75, 3.05) is 0 Å². The Balaban J connectivity index is -0.000000249. The number of hydrogen-bond donors (Lipinski definition) is 0. The van der Waals surface area contributed by atoms with E-state index in [2.05, 4.69) is 0 Å². The first kappa shape index (κ1) is 19.8. The minimum absolute atomic E-state index is 0. The molecule has 0 saturated carbocycles. The minimum Gasteiger partial charge on any atom is -0.300 e. The fraction of sp³-hybridized carbons (Fsp3) is 0.600. The van der Waals surface area contributed by atoms with Crippen LogP contribution < -0.4 is 0 Å². The Hall–Kier alpha value is -0.761. The molecule has 0 bridgehead atoms. The summed E-state index contributed by atoms with van der Waals surface area (Å²) < 4.78 is 65.9. The molecule has 0 N–H and O–H groups in total. The maximum Gasteiger partial charge on any atom is 1.00 e. The van der Waals surface area contributed by atoms with Gasteiger partial charge in [-0.15, -0.1) is 0 Å². The van der Waals surface area contributed by atoms with Crippen LogP contribution in [0.3, 0.4) is 0 Å². The average molecular weight is 288 g/mol. The molecule has 0 aliphatic rings. The van der Waals surface area contributed by atoms with E-state index in [1.165, 1.54) is 13.8 Å². The fourth-order valence-corrected chi connectivity index (χ4v) is 0.172. The molecule has 0 unspecified atom stereocenters. The van der Waals surface area contributed by atoms with Gasteiger partial charge in [0, 0.05) is 0 Å². The van der Waals surface area contributed by atoms with Crippen molar-refractivity contribution >= 4 is 11.6 Å². The molecule has 94 valence electrons. The molecule has 0 radical (unpaired) electrons. The molecule has 15 heavy (non-hydrogen) atoms. The van der Waals surface area contributed by atoms with Gasteiger partial charge in [0.25, 0.3) is 0 Å². The van der Waals surface area contributed by atoms with Gasteiger partial charge in [0.15, 0.2) is 0 Å². The Kier molecular flexibility index (Phi) is 11.2. The Morgan fingerprint density at radius 1 is 1.20 bits per heavy atom. The van der Waals surface area contributed by atoms with Crippen LogP contribution in [-0.2, 0) is 21.9 Å². The van der Waals surface area contributed by atoms with Crippen LogP contribution in [0.2, 0.25) is 0 Å². The van der Waals surface area contributed by atoms with Crippen LogP contribution in [-0.4, -0.2) is 23.1 Å². The quantitative estimate of drug-likeness (QED) is 0.225. The van der Waals surface area contributed by atoms with Crippen molar-refractivity contribution in [2.45, 2.75) is 20.0 Å². The number of rotatable bonds is 0. The summed E-state index contributed by atoms with van der Waals surface area (Å²) in [4.78, 5) is 9.44. The Morgan fingerprint density at radius 3 is 1.47 bits per heavy atom. The van der Waals surface area contributed by atoms with Crippen molar-refractivity contribution in [2.24, 2.45) is 5.21 Å². The van der Waals surface area contributed by atoms with E-state index in [4.69, 9.17) is 0 Å². The van der Waals surface area contributed by atoms with E-state index in [9.17, 15) is 31.4 Å². The van der Waals surface area contributed by atoms with Gasteiger partial charge in [0.05, 0.1) is 0 Å². The second kappa shape index (κ2) is 8.54. The van der Waals surface area contributed by atoms with Crippen LogP contribution in [0.5, 0.6) is 0 Å². The Bertz CT molecular complexity index is 212. The molecule has 0 aliphatic heterocycles. The number of alkyl halides is 3. The topological polar surface area (TPSA) is 32.7 Å². The number of carbonyl (C=O) groups excluding carboxylic acids is 1. The molecular formula is C5H6CuF6N2O+. The van der Waals surface area contributed by atoms with E-state index >= 15 is 0 Å². The smallest absolute Gasteiger partial charge is 0.300 e. The summed E-state index contributed by atoms with van der Waals surface area (Å²) in [6.45, 7) is 3.06. The third-order valence-corrected chi connectivity index (χ3v) is 0.494. The van der Waals surface area contributed by atoms with E-state index in [1.54, 1.807) is 0 Å². The van der Waals surface area contributed by atoms with E-state index in [0.29, 0.717) is 0 Å². The summed E-state index contributed by atoms with van der Waals surface area (Å²) in [5.74, 6) is -2.70. The zero-order valence-electron chi connectivity index (χ0n) is 7.37. The summed E-state index contributed by atoms with van der Waals surface area (Å²) in [5, 5.41) is -1.62. The second-order valence-electron chi connectivity index (χ2n) is 2.05. The van der Waals surface area contributed by atoms with Crippen molar-refractivity contribution in [3.8, 4) is 0 Å². The number of nitrogens with zero attached hydrogens (tertiary/aromatic N) is 2. The van der Waals surface area contributed by atoms with Crippen LogP contribution >= 0.6 is 0 Å². The van der Waals surface area contributed by atoms with Crippen LogP contribution in [0.1, 0.15) is 13.8 Å². The van der Waals surface area contributed by atoms with Gasteiger partial charge in [-0.1, -0.05) is 18.7 Å². The van der Waals surface area contributed by atoms with Crippen molar-refractivity contribution in [3.05, 3.63) is 0 Å². The summed E-state index contributed by atoms with van der Waals surface area (Å²) in [6, 6.07) is 0. The number of hydrogen-bond acceptors (Lipinski definition) is 2. The van der Waals surface area contributed by atoms with Crippen molar-refractivity contribution in [3.63, 3.8) is 0 Å². The van der Waals surface area contributed by atoms with Gasteiger partial charge in [-0.3, -0.25) is 0 Å². The molecule has 0 aliphatic carbocycles. The minimum atomic E-state index is -5.46. The standard InChI is InChI=1S/C3H6O.C2F6N2.Cu/c1-3(2)4;3-2(4,5)1(9-6)10(7)8;/h1-2H3;;/q;;+1. The van der Waals surface area contributed by atoms with Gasteiger partial charge >= 0.3 is 29.1 Å². The maximum atomic E-state index is 11.1. The molecular weight excluding hydrogens is 282 g/mol. The predicted octanol–water partition coefficient (Wildman–Crippen LogP) is 2.50. The van der Waals surface area contributed by atoms with Gasteiger partial charge in [0.2, 0.25) is 0 Å². The van der Waals surface area contributed by atoms with Gasteiger partial charge in [-0.2, -0.15) is 13.2 Å². The Morgan fingerprint density at radius 2 is 1.47 bits per heavy atom. The third kappa shape index (κ3) is 13.2. The molecule has 10 heteroatoms. The SMILES string of the molecule is CC(C)=O.FN=C(N(F)F)C(F)(F)F.[Cu+]. The van der Waals surface area contributed by atoms with Crippen LogP contribution in [0.15, 0.2) is 5.21 Å². The summed E-state index contributed by atoms with van der Waals surface area (Å²) in [7, 11) is 0. The van der Waals surface area contributed by atoms with E-state index in [1.807, 2.05) is 0 Å². The van der Waals surface area contributed by atoms with Gasteiger partial charge in [-0.25, -0.2) is 0 Å². The molecule has 0 saturated heterocycles. The fourth-order valence-electron chi connectivity index (χ4n) is 0.172. The second-order valence-corrected chi connectivity index (χ2v) is 2.05. The van der Waals surface area contributed by atoms with E-state index in [0.717, 1.165) is 5.21 Å². The summed E-state index contributed by atoms with van der Waals surface area (Å²) in [5.41, 5.74) is 0. The first-order chi connectivity index (χ1) is 6.12. The summed E-state index contributed by atoms with van der Waals surface area (Å²) >= 11 is 0. The van der Waals surface area contributed by atoms with Gasteiger partial charge in [0.1, 0.15) is 5.78 Å². The zero-order chi connectivity index (χ0) is 11.9. The van der Waals surface area contributed by atoms with Crippen molar-refractivity contribution in [1.29, 1.82) is 0 Å². The van der Waals surface area contributed by atoms with Gasteiger partial charge < -0.3 is 4.79 Å². The molecule has 0 aromatic carbocycles. The van der Waals surface area contributed by atoms with Crippen molar-refractivity contribution < 1.29 is 48.5 Å². The third-order valence-electron chi connectivity index (χ3n) is 0.494. The molecule has 0 rings (SSSR count). The zero-order valence-corrected chi connectivity index (χ0v) is 8.31. The number of amidine groups is 1.